The molecule has 0 saturated heterocycles. The van der Waals surface area contributed by atoms with E-state index < -0.39 is 23.6 Å². The standard InChI is InChI=1S/C2H5O5P3/c1-8(3)6-10(5)7-9(2)4/h10H,1-2H2. The highest BCUT2D eigenvalue weighted by molar-refractivity contribution is 7.55. The first-order chi connectivity index (χ1) is 4.52. The highest BCUT2D eigenvalue weighted by Crippen LogP contribution is 2.37. The van der Waals surface area contributed by atoms with Crippen molar-refractivity contribution >= 4 is 36.2 Å². The lowest BCUT2D eigenvalue weighted by molar-refractivity contribution is 0.428. The molecule has 0 aliphatic rings. The van der Waals surface area contributed by atoms with E-state index in [-0.39, 0.29) is 0 Å². The van der Waals surface area contributed by atoms with Gasteiger partial charge in [-0.1, -0.05) is 0 Å². The van der Waals surface area contributed by atoms with Gasteiger partial charge in [0.05, 0.1) is 0 Å². The summed E-state index contributed by atoms with van der Waals surface area (Å²) in [5, 5.41) is 0. The molecule has 0 rings (SSSR count). The van der Waals surface area contributed by atoms with E-state index in [0.29, 0.717) is 0 Å². The Bertz CT molecular complexity index is 218. The minimum absolute atomic E-state index is 2.22. The molecular weight excluding hydrogens is 197 g/mol. The summed E-state index contributed by atoms with van der Waals surface area (Å²) in [5.74, 6) is 0. The Morgan fingerprint density at radius 2 is 1.40 bits per heavy atom. The van der Waals surface area contributed by atoms with Crippen LogP contribution in [0.15, 0.2) is 0 Å². The molecule has 58 valence electrons. The lowest BCUT2D eigenvalue weighted by Crippen LogP contribution is -1.59. The van der Waals surface area contributed by atoms with Crippen LogP contribution in [0.2, 0.25) is 0 Å². The largest absolute Gasteiger partial charge is 0.339 e. The highest BCUT2D eigenvalue weighted by Gasteiger charge is 1.98. The number of hydrogen-bond acceptors (Lipinski definition) is 5. The molecule has 0 aromatic carbocycles. The van der Waals surface area contributed by atoms with Crippen molar-refractivity contribution in [3.63, 3.8) is 0 Å². The molecule has 0 N–H and O–H groups in total. The molecule has 2 atom stereocenters. The minimum atomic E-state index is -2.93. The second-order valence-corrected chi connectivity index (χ2v) is 4.39. The summed E-state index contributed by atoms with van der Waals surface area (Å²) in [6.07, 6.45) is 5.81. The van der Waals surface area contributed by atoms with Crippen LogP contribution in [0.5, 0.6) is 0 Å². The van der Waals surface area contributed by atoms with Crippen LogP contribution in [0.1, 0.15) is 0 Å². The van der Waals surface area contributed by atoms with Crippen molar-refractivity contribution in [3.8, 4) is 0 Å². The van der Waals surface area contributed by atoms with E-state index in [1.165, 1.54) is 0 Å². The van der Waals surface area contributed by atoms with Gasteiger partial charge in [0.25, 0.3) is 0 Å². The van der Waals surface area contributed by atoms with Crippen molar-refractivity contribution in [2.24, 2.45) is 0 Å². The molecule has 2 unspecified atom stereocenters. The predicted molar refractivity (Wildman–Crippen MR) is 40.6 cm³/mol. The molecule has 0 radical (unpaired) electrons. The Kier molecular flexibility index (Phi) is 4.88. The Morgan fingerprint density at radius 3 is 1.60 bits per heavy atom. The van der Waals surface area contributed by atoms with Gasteiger partial charge < -0.3 is 0 Å². The molecule has 8 heteroatoms. The zero-order valence-corrected chi connectivity index (χ0v) is 7.64. The van der Waals surface area contributed by atoms with Crippen molar-refractivity contribution in [1.29, 1.82) is 0 Å². The fourth-order valence-electron chi connectivity index (χ4n) is 0.183. The van der Waals surface area contributed by atoms with Gasteiger partial charge in [0.2, 0.25) is 15.3 Å². The van der Waals surface area contributed by atoms with E-state index in [2.05, 4.69) is 21.2 Å². The molecule has 0 saturated carbocycles. The summed E-state index contributed by atoms with van der Waals surface area (Å²) in [6.45, 7) is 0. The SMILES string of the molecule is C=P(=O)O[PH](=O)OP(=C)=O. The summed E-state index contributed by atoms with van der Waals surface area (Å²) in [7, 11) is -7.37. The first kappa shape index (κ1) is 10.1. The van der Waals surface area contributed by atoms with Crippen LogP contribution in [-0.4, -0.2) is 12.6 Å². The molecule has 0 fully saturated rings. The van der Waals surface area contributed by atoms with Crippen molar-refractivity contribution in [1.82, 2.24) is 0 Å². The fraction of sp³-hybridized carbons (Fsp3) is 0. The highest BCUT2D eigenvalue weighted by atomic mass is 31.2. The van der Waals surface area contributed by atoms with Crippen molar-refractivity contribution < 1.29 is 22.3 Å². The lowest BCUT2D eigenvalue weighted by atomic mass is 12.0. The zero-order valence-electron chi connectivity index (χ0n) is 4.85. The average Bonchev–Trinajstić information content (AvgIpc) is 1.58. The Hall–Kier alpha value is 0.0900. The molecule has 0 aromatic rings. The summed E-state index contributed by atoms with van der Waals surface area (Å²) in [4.78, 5) is 0. The van der Waals surface area contributed by atoms with Gasteiger partial charge >= 0.3 is 8.25 Å². The van der Waals surface area contributed by atoms with Gasteiger partial charge in [0, 0.05) is 0 Å². The van der Waals surface area contributed by atoms with E-state index in [1.54, 1.807) is 0 Å². The summed E-state index contributed by atoms with van der Waals surface area (Å²) in [6, 6.07) is 0. The van der Waals surface area contributed by atoms with Gasteiger partial charge in [-0.15, -0.1) is 0 Å². The molecule has 0 amide bonds. The Labute approximate surface area is 59.3 Å². The van der Waals surface area contributed by atoms with Gasteiger partial charge in [-0.05, 0) is 12.6 Å². The van der Waals surface area contributed by atoms with Crippen LogP contribution in [0.3, 0.4) is 0 Å². The van der Waals surface area contributed by atoms with Gasteiger partial charge in [0.15, 0.2) is 0 Å². The summed E-state index contributed by atoms with van der Waals surface area (Å²) in [5.41, 5.74) is 0. The second kappa shape index (κ2) is 4.84. The van der Waals surface area contributed by atoms with Crippen molar-refractivity contribution in [2.75, 3.05) is 0 Å². The fourth-order valence-corrected chi connectivity index (χ4v) is 1.95. The van der Waals surface area contributed by atoms with Gasteiger partial charge in [-0.2, -0.15) is 0 Å². The van der Waals surface area contributed by atoms with E-state index >= 15 is 0 Å². The molecule has 0 aliphatic heterocycles. The van der Waals surface area contributed by atoms with Crippen LogP contribution in [-0.2, 0) is 22.3 Å². The maximum absolute atomic E-state index is 10.4. The molecule has 0 bridgehead atoms. The monoisotopic (exact) mass is 202 g/mol. The summed E-state index contributed by atoms with van der Waals surface area (Å²) >= 11 is 0. The smallest absolute Gasteiger partial charge is 0.262 e. The van der Waals surface area contributed by atoms with E-state index in [9.17, 15) is 13.7 Å². The molecule has 0 spiro atoms. The quantitative estimate of drug-likeness (QED) is 0.649. The third-order valence-electron chi connectivity index (χ3n) is 0.353. The minimum Gasteiger partial charge on any atom is -0.262 e. The molecule has 0 heterocycles. The predicted octanol–water partition coefficient (Wildman–Crippen LogP) is 1.76. The molecule has 0 aliphatic carbocycles. The third-order valence-corrected chi connectivity index (χ3v) is 3.17. The van der Waals surface area contributed by atoms with E-state index in [0.717, 1.165) is 0 Å². The Balaban J connectivity index is 3.88. The maximum atomic E-state index is 10.4. The van der Waals surface area contributed by atoms with Crippen molar-refractivity contribution in [2.45, 2.75) is 0 Å². The van der Waals surface area contributed by atoms with Crippen LogP contribution in [0.4, 0.5) is 0 Å². The third kappa shape index (κ3) is 6.21. The first-order valence-electron chi connectivity index (χ1n) is 1.98. The molecular formula is C2H5O5P3. The van der Waals surface area contributed by atoms with Crippen LogP contribution in [0, 0.1) is 0 Å². The van der Waals surface area contributed by atoms with Crippen LogP contribution in [0.25, 0.3) is 0 Å². The van der Waals surface area contributed by atoms with Gasteiger partial charge in [0.1, 0.15) is 0 Å². The zero-order chi connectivity index (χ0) is 8.15. The normalized spacial score (nSPS) is 16.0. The maximum Gasteiger partial charge on any atom is 0.339 e. The molecule has 5 nitrogen and oxygen atoms in total. The molecule has 0 aromatic heterocycles. The van der Waals surface area contributed by atoms with E-state index in [4.69, 9.17) is 0 Å². The van der Waals surface area contributed by atoms with E-state index in [1.807, 2.05) is 0 Å². The van der Waals surface area contributed by atoms with Crippen LogP contribution >= 0.6 is 23.6 Å². The summed E-state index contributed by atoms with van der Waals surface area (Å²) < 4.78 is 38.6. The van der Waals surface area contributed by atoms with Gasteiger partial charge in [-0.25, -0.2) is 8.62 Å². The first-order valence-corrected chi connectivity index (χ1v) is 5.93. The van der Waals surface area contributed by atoms with Gasteiger partial charge in [-0.3, -0.25) is 13.7 Å². The second-order valence-electron chi connectivity index (χ2n) is 1.10. The average molecular weight is 202 g/mol. The van der Waals surface area contributed by atoms with Crippen molar-refractivity contribution in [3.05, 3.63) is 0 Å². The number of hydrogen-bond donors (Lipinski definition) is 0. The topological polar surface area (TPSA) is 69.7 Å². The number of rotatable bonds is 4. The molecule has 10 heavy (non-hydrogen) atoms. The van der Waals surface area contributed by atoms with Crippen LogP contribution < -0.4 is 0 Å². The lowest BCUT2D eigenvalue weighted by Gasteiger charge is -1.90. The Morgan fingerprint density at radius 1 is 1.10 bits per heavy atom.